The Labute approximate surface area is 127 Å². The summed E-state index contributed by atoms with van der Waals surface area (Å²) in [5.74, 6) is 0. The molecular formula is C19H23NO. The second-order valence-corrected chi connectivity index (χ2v) is 5.41. The minimum Gasteiger partial charge on any atom is -0.400 e. The van der Waals surface area contributed by atoms with Crippen molar-refractivity contribution in [2.24, 2.45) is 0 Å². The van der Waals surface area contributed by atoms with Gasteiger partial charge in [0.15, 0.2) is 0 Å². The average molecular weight is 281 g/mol. The van der Waals surface area contributed by atoms with Crippen LogP contribution in [0.15, 0.2) is 60.2 Å². The maximum absolute atomic E-state index is 7.00. The van der Waals surface area contributed by atoms with E-state index in [9.17, 15) is 0 Å². The van der Waals surface area contributed by atoms with Crippen LogP contribution in [0.1, 0.15) is 12.0 Å². The third-order valence-electron chi connectivity index (χ3n) is 3.61. The van der Waals surface area contributed by atoms with Crippen molar-refractivity contribution in [3.8, 4) is 0 Å². The van der Waals surface area contributed by atoms with Crippen LogP contribution in [-0.2, 0) is 0 Å². The highest BCUT2D eigenvalue weighted by Gasteiger charge is 2.12. The van der Waals surface area contributed by atoms with E-state index in [2.05, 4.69) is 73.6 Å². The van der Waals surface area contributed by atoms with Crippen LogP contribution in [0.3, 0.4) is 0 Å². The molecule has 0 bridgehead atoms. The lowest BCUT2D eigenvalue weighted by atomic mass is 9.98. The van der Waals surface area contributed by atoms with Crippen LogP contribution in [0, 0.1) is 0 Å². The summed E-state index contributed by atoms with van der Waals surface area (Å²) in [7, 11) is 5.24. The van der Waals surface area contributed by atoms with E-state index in [4.69, 9.17) is 5.11 Å². The molecule has 0 aromatic heterocycles. The highest BCUT2D eigenvalue weighted by Crippen LogP contribution is 2.31. The first-order valence-electron chi connectivity index (χ1n) is 7.21. The SMILES string of the molecule is CN(C)CC1=C(c2ccc3ccccc3c2)CC=C1.CO. The van der Waals surface area contributed by atoms with Gasteiger partial charge in [-0.05, 0) is 54.1 Å². The number of hydrogen-bond donors (Lipinski definition) is 1. The van der Waals surface area contributed by atoms with Gasteiger partial charge in [-0.25, -0.2) is 0 Å². The molecule has 0 heterocycles. The van der Waals surface area contributed by atoms with Crippen molar-refractivity contribution < 1.29 is 5.11 Å². The minimum atomic E-state index is 1.00. The quantitative estimate of drug-likeness (QED) is 0.926. The third-order valence-corrected chi connectivity index (χ3v) is 3.61. The Balaban J connectivity index is 0.000000774. The molecule has 0 saturated carbocycles. The van der Waals surface area contributed by atoms with Gasteiger partial charge >= 0.3 is 0 Å². The summed E-state index contributed by atoms with van der Waals surface area (Å²) in [6.07, 6.45) is 5.59. The zero-order chi connectivity index (χ0) is 15.2. The van der Waals surface area contributed by atoms with Crippen LogP contribution in [0.4, 0.5) is 0 Å². The molecule has 21 heavy (non-hydrogen) atoms. The van der Waals surface area contributed by atoms with Crippen molar-refractivity contribution in [1.82, 2.24) is 4.90 Å². The number of hydrogen-bond acceptors (Lipinski definition) is 2. The molecule has 110 valence electrons. The number of allylic oxidation sites excluding steroid dienone is 2. The molecule has 0 amide bonds. The summed E-state index contributed by atoms with van der Waals surface area (Å²) in [5.41, 5.74) is 4.28. The highest BCUT2D eigenvalue weighted by atomic mass is 16.2. The van der Waals surface area contributed by atoms with E-state index in [1.807, 2.05) is 0 Å². The molecule has 1 N–H and O–H groups in total. The summed E-state index contributed by atoms with van der Waals surface area (Å²) in [4.78, 5) is 2.23. The minimum absolute atomic E-state index is 1.00. The summed E-state index contributed by atoms with van der Waals surface area (Å²) in [6.45, 7) is 1.01. The third kappa shape index (κ3) is 3.60. The standard InChI is InChI=1S/C18H19N.CH4O/c1-19(2)13-17-8-5-9-18(17)16-11-10-14-6-3-4-7-15(14)12-16;1-2/h3-8,10-12H,9,13H2,1-2H3;2H,1H3. The van der Waals surface area contributed by atoms with Crippen molar-refractivity contribution in [1.29, 1.82) is 0 Å². The van der Waals surface area contributed by atoms with Gasteiger partial charge in [0.1, 0.15) is 0 Å². The predicted octanol–water partition coefficient (Wildman–Crippen LogP) is 3.72. The van der Waals surface area contributed by atoms with Gasteiger partial charge in [-0.1, -0.05) is 48.6 Å². The summed E-state index contributed by atoms with van der Waals surface area (Å²) in [5, 5.41) is 9.63. The van der Waals surface area contributed by atoms with Crippen LogP contribution < -0.4 is 0 Å². The Morgan fingerprint density at radius 2 is 1.71 bits per heavy atom. The van der Waals surface area contributed by atoms with Crippen molar-refractivity contribution >= 4 is 16.3 Å². The topological polar surface area (TPSA) is 23.5 Å². The molecule has 0 unspecified atom stereocenters. The Bertz CT molecular complexity index is 668. The molecule has 0 fully saturated rings. The van der Waals surface area contributed by atoms with E-state index in [1.165, 1.54) is 27.5 Å². The molecule has 0 spiro atoms. The number of aliphatic hydroxyl groups excluding tert-OH is 1. The Morgan fingerprint density at radius 1 is 1.00 bits per heavy atom. The molecule has 2 heteroatoms. The Morgan fingerprint density at radius 3 is 2.43 bits per heavy atom. The molecule has 3 rings (SSSR count). The number of fused-ring (bicyclic) bond motifs is 1. The highest BCUT2D eigenvalue weighted by molar-refractivity contribution is 5.87. The lowest BCUT2D eigenvalue weighted by molar-refractivity contribution is 0.399. The lowest BCUT2D eigenvalue weighted by Gasteiger charge is -2.13. The summed E-state index contributed by atoms with van der Waals surface area (Å²) in [6, 6.07) is 15.3. The fraction of sp³-hybridized carbons (Fsp3) is 0.263. The molecule has 1 aliphatic carbocycles. The monoisotopic (exact) mass is 281 g/mol. The van der Waals surface area contributed by atoms with E-state index in [1.54, 1.807) is 0 Å². The first-order chi connectivity index (χ1) is 10.2. The zero-order valence-electron chi connectivity index (χ0n) is 13.0. The van der Waals surface area contributed by atoms with E-state index < -0.39 is 0 Å². The van der Waals surface area contributed by atoms with Gasteiger partial charge < -0.3 is 10.0 Å². The van der Waals surface area contributed by atoms with Gasteiger partial charge in [-0.15, -0.1) is 0 Å². The van der Waals surface area contributed by atoms with Crippen LogP contribution in [0.2, 0.25) is 0 Å². The second kappa shape index (κ2) is 7.21. The molecular weight excluding hydrogens is 258 g/mol. The average Bonchev–Trinajstić information content (AvgIpc) is 2.96. The number of aliphatic hydroxyl groups is 1. The Hall–Kier alpha value is -1.90. The number of nitrogens with zero attached hydrogens (tertiary/aromatic N) is 1. The van der Waals surface area contributed by atoms with E-state index >= 15 is 0 Å². The molecule has 1 aliphatic rings. The van der Waals surface area contributed by atoms with Crippen LogP contribution in [0.5, 0.6) is 0 Å². The molecule has 0 radical (unpaired) electrons. The molecule has 0 atom stereocenters. The Kier molecular flexibility index (Phi) is 5.32. The van der Waals surface area contributed by atoms with Gasteiger partial charge in [-0.2, -0.15) is 0 Å². The summed E-state index contributed by atoms with van der Waals surface area (Å²) >= 11 is 0. The number of benzene rings is 2. The predicted molar refractivity (Wildman–Crippen MR) is 91.3 cm³/mol. The molecule has 2 aromatic carbocycles. The van der Waals surface area contributed by atoms with Gasteiger partial charge in [0.25, 0.3) is 0 Å². The lowest BCUT2D eigenvalue weighted by Crippen LogP contribution is -2.14. The van der Waals surface area contributed by atoms with Crippen LogP contribution in [-0.4, -0.2) is 37.8 Å². The van der Waals surface area contributed by atoms with Gasteiger partial charge in [0.05, 0.1) is 0 Å². The van der Waals surface area contributed by atoms with Gasteiger partial charge in [-0.3, -0.25) is 0 Å². The maximum atomic E-state index is 7.00. The second-order valence-electron chi connectivity index (χ2n) is 5.41. The van der Waals surface area contributed by atoms with Crippen LogP contribution >= 0.6 is 0 Å². The van der Waals surface area contributed by atoms with Crippen molar-refractivity contribution in [3.05, 3.63) is 65.8 Å². The first kappa shape index (κ1) is 15.5. The molecule has 0 aliphatic heterocycles. The van der Waals surface area contributed by atoms with Crippen LogP contribution in [0.25, 0.3) is 16.3 Å². The summed E-state index contributed by atoms with van der Waals surface area (Å²) < 4.78 is 0. The van der Waals surface area contributed by atoms with E-state index in [0.717, 1.165) is 20.1 Å². The fourth-order valence-electron chi connectivity index (χ4n) is 2.72. The number of likely N-dealkylation sites (N-methyl/N-ethyl adjacent to an activating group) is 1. The zero-order valence-corrected chi connectivity index (χ0v) is 13.0. The normalized spacial score (nSPS) is 13.8. The fourth-order valence-corrected chi connectivity index (χ4v) is 2.72. The van der Waals surface area contributed by atoms with Crippen molar-refractivity contribution in [2.45, 2.75) is 6.42 Å². The van der Waals surface area contributed by atoms with Gasteiger partial charge in [0.2, 0.25) is 0 Å². The first-order valence-corrected chi connectivity index (χ1v) is 7.21. The van der Waals surface area contributed by atoms with Gasteiger partial charge in [0, 0.05) is 13.7 Å². The van der Waals surface area contributed by atoms with E-state index in [-0.39, 0.29) is 0 Å². The smallest absolute Gasteiger partial charge is 0.0319 e. The molecule has 0 saturated heterocycles. The largest absolute Gasteiger partial charge is 0.400 e. The molecule has 2 nitrogen and oxygen atoms in total. The van der Waals surface area contributed by atoms with Crippen molar-refractivity contribution in [3.63, 3.8) is 0 Å². The maximum Gasteiger partial charge on any atom is 0.0319 e. The van der Waals surface area contributed by atoms with Crippen molar-refractivity contribution in [2.75, 3.05) is 27.7 Å². The number of rotatable bonds is 3. The molecule has 2 aromatic rings. The van der Waals surface area contributed by atoms with E-state index in [0.29, 0.717) is 0 Å².